The number of hydrogen-bond acceptors (Lipinski definition) is 3. The fraction of sp³-hybridized carbons (Fsp3) is 0.136. The number of hydrogen-bond donors (Lipinski definition) is 1. The van der Waals surface area contributed by atoms with Crippen LogP contribution in [-0.2, 0) is 27.5 Å². The number of carboxylic acid groups (broad SMARTS) is 1. The van der Waals surface area contributed by atoms with Gasteiger partial charge in [0.25, 0.3) is 0 Å². The maximum absolute atomic E-state index is 12.7. The van der Waals surface area contributed by atoms with Gasteiger partial charge in [-0.3, -0.25) is 9.59 Å². The van der Waals surface area contributed by atoms with E-state index in [-0.39, 0.29) is 13.1 Å². The van der Waals surface area contributed by atoms with Gasteiger partial charge >= 0.3 is 5.97 Å². The maximum Gasteiger partial charge on any atom is 0.372 e. The van der Waals surface area contributed by atoms with E-state index in [4.69, 9.17) is 28.3 Å². The summed E-state index contributed by atoms with van der Waals surface area (Å²) in [6.45, 7) is 0.323. The first kappa shape index (κ1) is 20.8. The first-order valence-electron chi connectivity index (χ1n) is 8.79. The first-order valence-corrected chi connectivity index (χ1v) is 9.54. The molecule has 0 atom stereocenters. The van der Waals surface area contributed by atoms with Crippen molar-refractivity contribution in [2.45, 2.75) is 19.5 Å². The van der Waals surface area contributed by atoms with Crippen molar-refractivity contribution in [2.24, 2.45) is 0 Å². The molecule has 3 rings (SSSR count). The normalized spacial score (nSPS) is 10.7. The number of halogens is 2. The summed E-state index contributed by atoms with van der Waals surface area (Å²) in [5.74, 6) is -3.37. The molecule has 1 amide bonds. The molecule has 0 radical (unpaired) electrons. The topological polar surface area (TPSA) is 74.7 Å². The molecule has 0 aromatic heterocycles. The minimum Gasteiger partial charge on any atom is -0.475 e. The summed E-state index contributed by atoms with van der Waals surface area (Å²) < 4.78 is 0. The van der Waals surface area contributed by atoms with Crippen molar-refractivity contribution < 1.29 is 19.5 Å². The van der Waals surface area contributed by atoms with Gasteiger partial charge in [-0.05, 0) is 40.1 Å². The molecule has 1 N–H and O–H groups in total. The van der Waals surface area contributed by atoms with Gasteiger partial charge in [0.15, 0.2) is 0 Å². The molecule has 3 aromatic rings. The summed E-state index contributed by atoms with van der Waals surface area (Å²) >= 11 is 12.2. The molecule has 0 aliphatic heterocycles. The second-order valence-corrected chi connectivity index (χ2v) is 7.42. The summed E-state index contributed by atoms with van der Waals surface area (Å²) in [7, 11) is 0. The largest absolute Gasteiger partial charge is 0.475 e. The zero-order valence-corrected chi connectivity index (χ0v) is 16.8. The van der Waals surface area contributed by atoms with Crippen molar-refractivity contribution in [1.29, 1.82) is 0 Å². The third-order valence-corrected chi connectivity index (χ3v) is 5.05. The number of fused-ring (bicyclic) bond motifs is 1. The van der Waals surface area contributed by atoms with Crippen LogP contribution in [0, 0.1) is 0 Å². The van der Waals surface area contributed by atoms with Crippen molar-refractivity contribution in [3.8, 4) is 0 Å². The average molecular weight is 430 g/mol. The fourth-order valence-corrected chi connectivity index (χ4v) is 3.44. The molecule has 3 aromatic carbocycles. The van der Waals surface area contributed by atoms with Crippen LogP contribution in [0.15, 0.2) is 60.7 Å². The number of aliphatic carboxylic acids is 1. The van der Waals surface area contributed by atoms with Gasteiger partial charge in [-0.15, -0.1) is 0 Å². The summed E-state index contributed by atoms with van der Waals surface area (Å²) in [6.07, 6.45) is -0.714. The fourth-order valence-electron chi connectivity index (χ4n) is 2.97. The molecule has 0 aliphatic carbocycles. The number of nitrogens with zero attached hydrogens (tertiary/aromatic N) is 1. The Hall–Kier alpha value is -2.89. The number of amides is 1. The van der Waals surface area contributed by atoms with Gasteiger partial charge in [0.2, 0.25) is 11.7 Å². The predicted octanol–water partition coefficient (Wildman–Crippen LogP) is 4.72. The molecule has 29 heavy (non-hydrogen) atoms. The van der Waals surface area contributed by atoms with Crippen molar-refractivity contribution >= 4 is 51.6 Å². The van der Waals surface area contributed by atoms with E-state index in [2.05, 4.69) is 0 Å². The van der Waals surface area contributed by atoms with E-state index in [0.717, 1.165) is 16.3 Å². The van der Waals surface area contributed by atoms with Gasteiger partial charge in [-0.1, -0.05) is 65.7 Å². The highest BCUT2D eigenvalue weighted by atomic mass is 35.5. The van der Waals surface area contributed by atoms with Gasteiger partial charge in [0, 0.05) is 23.1 Å². The first-order chi connectivity index (χ1) is 13.8. The molecule has 7 heteroatoms. The molecule has 0 heterocycles. The Kier molecular flexibility index (Phi) is 6.52. The van der Waals surface area contributed by atoms with E-state index >= 15 is 0 Å². The molecule has 0 unspecified atom stereocenters. The number of rotatable bonds is 7. The van der Waals surface area contributed by atoms with E-state index in [9.17, 15) is 14.4 Å². The van der Waals surface area contributed by atoms with Crippen LogP contribution in [0.25, 0.3) is 10.8 Å². The Labute approximate surface area is 177 Å². The van der Waals surface area contributed by atoms with Gasteiger partial charge in [-0.2, -0.15) is 0 Å². The third-order valence-electron chi connectivity index (χ3n) is 4.47. The second kappa shape index (κ2) is 9.07. The van der Waals surface area contributed by atoms with Gasteiger partial charge in [-0.25, -0.2) is 4.79 Å². The van der Waals surface area contributed by atoms with Gasteiger partial charge in [0.05, 0.1) is 6.42 Å². The molecule has 0 saturated heterocycles. The van der Waals surface area contributed by atoms with Crippen molar-refractivity contribution in [2.75, 3.05) is 0 Å². The second-order valence-electron chi connectivity index (χ2n) is 6.57. The number of ketones is 1. The van der Waals surface area contributed by atoms with Crippen LogP contribution in [0.5, 0.6) is 0 Å². The molecular weight excluding hydrogens is 413 g/mol. The molecule has 5 nitrogen and oxygen atoms in total. The van der Waals surface area contributed by atoms with E-state index in [1.165, 1.54) is 4.90 Å². The lowest BCUT2D eigenvalue weighted by Crippen LogP contribution is -2.33. The number of carbonyl (C=O) groups excluding carboxylic acids is 2. The summed E-state index contributed by atoms with van der Waals surface area (Å²) in [6, 6.07) is 18.5. The SMILES string of the molecule is O=C(O)C(=O)CC(=O)N(Cc1ccc2ccccc2c1)Cc1ccc(Cl)cc1Cl. The highest BCUT2D eigenvalue weighted by Crippen LogP contribution is 2.24. The number of benzene rings is 3. The highest BCUT2D eigenvalue weighted by Gasteiger charge is 2.22. The highest BCUT2D eigenvalue weighted by molar-refractivity contribution is 6.36. The van der Waals surface area contributed by atoms with Crippen molar-refractivity contribution in [3.63, 3.8) is 0 Å². The maximum atomic E-state index is 12.7. The summed E-state index contributed by atoms with van der Waals surface area (Å²) in [4.78, 5) is 36.5. The quantitative estimate of drug-likeness (QED) is 0.435. The van der Waals surface area contributed by atoms with Crippen molar-refractivity contribution in [3.05, 3.63) is 81.8 Å². The predicted molar refractivity (Wildman–Crippen MR) is 112 cm³/mol. The Morgan fingerprint density at radius 2 is 1.59 bits per heavy atom. The molecule has 0 bridgehead atoms. The molecule has 0 saturated carbocycles. The molecule has 0 spiro atoms. The van der Waals surface area contributed by atoms with E-state index < -0.39 is 24.1 Å². The Balaban J connectivity index is 1.88. The van der Waals surface area contributed by atoms with Crippen LogP contribution in [-0.4, -0.2) is 27.7 Å². The molecule has 148 valence electrons. The van der Waals surface area contributed by atoms with Crippen LogP contribution >= 0.6 is 23.2 Å². The smallest absolute Gasteiger partial charge is 0.372 e. The molecule has 0 fully saturated rings. The molecule has 0 aliphatic rings. The number of Topliss-reactive ketones (excluding diaryl/α,β-unsaturated/α-hetero) is 1. The Bertz CT molecular complexity index is 1100. The number of carbonyl (C=O) groups is 3. The van der Waals surface area contributed by atoms with Gasteiger partial charge < -0.3 is 10.0 Å². The van der Waals surface area contributed by atoms with E-state index in [1.807, 2.05) is 42.5 Å². The van der Waals surface area contributed by atoms with Gasteiger partial charge in [0.1, 0.15) is 0 Å². The third kappa shape index (κ3) is 5.34. The average Bonchev–Trinajstić information content (AvgIpc) is 2.69. The van der Waals surface area contributed by atoms with E-state index in [1.54, 1.807) is 18.2 Å². The van der Waals surface area contributed by atoms with Crippen molar-refractivity contribution in [1.82, 2.24) is 4.90 Å². The van der Waals surface area contributed by atoms with Crippen LogP contribution in [0.3, 0.4) is 0 Å². The van der Waals surface area contributed by atoms with Crippen LogP contribution in [0.2, 0.25) is 10.0 Å². The van der Waals surface area contributed by atoms with Crippen LogP contribution in [0.4, 0.5) is 0 Å². The van der Waals surface area contributed by atoms with Crippen LogP contribution in [0.1, 0.15) is 17.5 Å². The lowest BCUT2D eigenvalue weighted by atomic mass is 10.1. The summed E-state index contributed by atoms with van der Waals surface area (Å²) in [5, 5.41) is 11.8. The lowest BCUT2D eigenvalue weighted by molar-refractivity contribution is -0.151. The Morgan fingerprint density at radius 1 is 0.862 bits per heavy atom. The monoisotopic (exact) mass is 429 g/mol. The van der Waals surface area contributed by atoms with E-state index in [0.29, 0.717) is 15.6 Å². The standard InChI is InChI=1S/C22H17Cl2NO4/c23-18-8-7-17(19(24)10-18)13-25(21(27)11-20(26)22(28)29)12-14-5-6-15-3-1-2-4-16(15)9-14/h1-10H,11-13H2,(H,28,29). The zero-order chi connectivity index (χ0) is 21.0. The zero-order valence-electron chi connectivity index (χ0n) is 15.3. The Morgan fingerprint density at radius 3 is 2.28 bits per heavy atom. The van der Waals surface area contributed by atoms with Crippen LogP contribution < -0.4 is 0 Å². The summed E-state index contributed by atoms with van der Waals surface area (Å²) in [5.41, 5.74) is 1.50. The minimum absolute atomic E-state index is 0.120. The lowest BCUT2D eigenvalue weighted by Gasteiger charge is -2.23. The number of carboxylic acids is 1. The molecular formula is C22H17Cl2NO4. The minimum atomic E-state index is -1.63.